The van der Waals surface area contributed by atoms with E-state index in [1.807, 2.05) is 0 Å². The number of ether oxygens (including phenoxy) is 1. The monoisotopic (exact) mass is 495 g/mol. The van der Waals surface area contributed by atoms with E-state index in [1.54, 1.807) is 36.4 Å². The van der Waals surface area contributed by atoms with Gasteiger partial charge in [-0.3, -0.25) is 9.59 Å². The number of thioether (sulfide) groups is 1. The number of nitriles is 1. The molecule has 7 nitrogen and oxygen atoms in total. The third kappa shape index (κ3) is 4.91. The number of benzene rings is 2. The Balaban J connectivity index is 1.65. The molecule has 0 spiro atoms. The first-order valence-corrected chi connectivity index (χ1v) is 12.0. The quantitative estimate of drug-likeness (QED) is 0.525. The molecule has 2 aliphatic rings. The van der Waals surface area contributed by atoms with Crippen LogP contribution in [-0.2, 0) is 9.59 Å². The predicted octanol–water partition coefficient (Wildman–Crippen LogP) is 4.86. The summed E-state index contributed by atoms with van der Waals surface area (Å²) in [5.41, 5.74) is 2.92. The van der Waals surface area contributed by atoms with Gasteiger partial charge in [-0.15, -0.1) is 0 Å². The minimum Gasteiger partial charge on any atom is -0.504 e. The van der Waals surface area contributed by atoms with Gasteiger partial charge in [0.15, 0.2) is 17.3 Å². The second-order valence-electron chi connectivity index (χ2n) is 7.86. The van der Waals surface area contributed by atoms with Gasteiger partial charge >= 0.3 is 0 Å². The minimum absolute atomic E-state index is 0.0127. The second kappa shape index (κ2) is 10.2. The van der Waals surface area contributed by atoms with Crippen molar-refractivity contribution in [1.82, 2.24) is 5.32 Å². The van der Waals surface area contributed by atoms with Gasteiger partial charge in [0, 0.05) is 28.4 Å². The summed E-state index contributed by atoms with van der Waals surface area (Å²) in [5.74, 6) is -0.583. The number of carbonyl (C=O) groups excluding carboxylic acids is 2. The van der Waals surface area contributed by atoms with E-state index in [0.717, 1.165) is 5.70 Å². The zero-order valence-corrected chi connectivity index (χ0v) is 19.9. The first kappa shape index (κ1) is 23.7. The van der Waals surface area contributed by atoms with Crippen LogP contribution in [0.5, 0.6) is 11.5 Å². The minimum atomic E-state index is -0.609. The maximum absolute atomic E-state index is 12.9. The number of methoxy groups -OCH3 is 1. The molecule has 3 N–H and O–H groups in total. The van der Waals surface area contributed by atoms with Crippen molar-refractivity contribution in [3.8, 4) is 17.6 Å². The number of phenolic OH excluding ortho intramolecular Hbond substituents is 1. The summed E-state index contributed by atoms with van der Waals surface area (Å²) in [4.78, 5) is 25.5. The molecule has 2 aromatic rings. The number of rotatable bonds is 6. The van der Waals surface area contributed by atoms with Crippen LogP contribution in [0.2, 0.25) is 5.02 Å². The molecule has 0 aromatic heterocycles. The molecule has 0 bridgehead atoms. The lowest BCUT2D eigenvalue weighted by molar-refractivity contribution is -0.116. The van der Waals surface area contributed by atoms with Crippen molar-refractivity contribution in [2.75, 3.05) is 18.2 Å². The number of hydrogen-bond donors (Lipinski definition) is 3. The fraction of sp³-hybridized carbons (Fsp3) is 0.240. The van der Waals surface area contributed by atoms with Crippen LogP contribution in [0.3, 0.4) is 0 Å². The van der Waals surface area contributed by atoms with Gasteiger partial charge in [-0.1, -0.05) is 35.5 Å². The second-order valence-corrected chi connectivity index (χ2v) is 9.28. The standard InChI is InChI=1S/C25H22ClN3O4S/c1-33-21-10-14(8-9-19(21)30)23-17(12-27)25(29-18-6-3-7-20(31)24(18)23)34-13-22(32)28-16-5-2-4-15(26)11-16/h2,4-5,8-11,23,29-30H,3,6-7,13H2,1H3,(H,28,32). The molecule has 1 aliphatic heterocycles. The molecule has 174 valence electrons. The Labute approximate surface area is 206 Å². The van der Waals surface area contributed by atoms with Crippen molar-refractivity contribution in [3.63, 3.8) is 0 Å². The van der Waals surface area contributed by atoms with Gasteiger partial charge in [-0.05, 0) is 48.7 Å². The largest absolute Gasteiger partial charge is 0.504 e. The van der Waals surface area contributed by atoms with E-state index in [9.17, 15) is 20.0 Å². The molecular formula is C25H22ClN3O4S. The molecule has 4 rings (SSSR count). The number of nitrogens with one attached hydrogen (secondary N) is 2. The average molecular weight is 496 g/mol. The van der Waals surface area contributed by atoms with Crippen LogP contribution >= 0.6 is 23.4 Å². The fourth-order valence-electron chi connectivity index (χ4n) is 4.15. The van der Waals surface area contributed by atoms with E-state index in [2.05, 4.69) is 16.7 Å². The van der Waals surface area contributed by atoms with Gasteiger partial charge in [0.2, 0.25) is 5.91 Å². The number of ketones is 1. The van der Waals surface area contributed by atoms with Crippen molar-refractivity contribution in [2.24, 2.45) is 0 Å². The van der Waals surface area contributed by atoms with Gasteiger partial charge in [-0.2, -0.15) is 5.26 Å². The van der Waals surface area contributed by atoms with Crippen LogP contribution in [-0.4, -0.2) is 29.7 Å². The van der Waals surface area contributed by atoms with E-state index < -0.39 is 5.92 Å². The lowest BCUT2D eigenvalue weighted by Gasteiger charge is -2.33. The van der Waals surface area contributed by atoms with E-state index in [4.69, 9.17) is 16.3 Å². The molecule has 1 amide bonds. The number of aromatic hydroxyl groups is 1. The predicted molar refractivity (Wildman–Crippen MR) is 132 cm³/mol. The first-order valence-electron chi connectivity index (χ1n) is 10.6. The van der Waals surface area contributed by atoms with Crippen LogP contribution in [0.25, 0.3) is 0 Å². The number of Topliss-reactive ketones (excluding diaryl/α,β-unsaturated/α-hetero) is 1. The summed E-state index contributed by atoms with van der Waals surface area (Å²) < 4.78 is 5.25. The highest BCUT2D eigenvalue weighted by Crippen LogP contribution is 2.45. The van der Waals surface area contributed by atoms with E-state index in [0.29, 0.717) is 51.7 Å². The van der Waals surface area contributed by atoms with Crippen LogP contribution in [0.1, 0.15) is 30.7 Å². The lowest BCUT2D eigenvalue weighted by atomic mass is 9.77. The molecular weight excluding hydrogens is 474 g/mol. The van der Waals surface area contributed by atoms with Crippen molar-refractivity contribution < 1.29 is 19.4 Å². The van der Waals surface area contributed by atoms with Crippen molar-refractivity contribution in [3.05, 3.63) is 74.9 Å². The molecule has 0 radical (unpaired) electrons. The maximum Gasteiger partial charge on any atom is 0.234 e. The normalized spacial score (nSPS) is 17.6. The number of dihydropyridines is 1. The highest BCUT2D eigenvalue weighted by atomic mass is 35.5. The van der Waals surface area contributed by atoms with Gasteiger partial charge < -0.3 is 20.5 Å². The zero-order valence-electron chi connectivity index (χ0n) is 18.4. The van der Waals surface area contributed by atoms with Gasteiger partial charge in [0.1, 0.15) is 0 Å². The van der Waals surface area contributed by atoms with Crippen LogP contribution in [0, 0.1) is 11.3 Å². The van der Waals surface area contributed by atoms with Crippen LogP contribution in [0.15, 0.2) is 64.3 Å². The molecule has 1 heterocycles. The Morgan fingerprint density at radius 1 is 1.32 bits per heavy atom. The summed E-state index contributed by atoms with van der Waals surface area (Å²) in [6, 6.07) is 13.9. The first-order chi connectivity index (χ1) is 16.4. The summed E-state index contributed by atoms with van der Waals surface area (Å²) >= 11 is 7.19. The topological polar surface area (TPSA) is 111 Å². The number of nitrogens with zero attached hydrogens (tertiary/aromatic N) is 1. The van der Waals surface area contributed by atoms with Crippen molar-refractivity contribution in [1.29, 1.82) is 5.26 Å². The Morgan fingerprint density at radius 3 is 2.88 bits per heavy atom. The summed E-state index contributed by atoms with van der Waals surface area (Å²) in [6.07, 6.45) is 1.80. The van der Waals surface area contributed by atoms with Crippen molar-refractivity contribution >= 4 is 40.7 Å². The third-order valence-electron chi connectivity index (χ3n) is 5.66. The SMILES string of the molecule is COc1cc(C2C(C#N)=C(SCC(=O)Nc3cccc(Cl)c3)NC3=C2C(=O)CCC3)ccc1O. The molecule has 1 unspecified atom stereocenters. The Kier molecular flexibility index (Phi) is 7.15. The number of amides is 1. The average Bonchev–Trinajstić information content (AvgIpc) is 2.82. The fourth-order valence-corrected chi connectivity index (χ4v) is 5.20. The highest BCUT2D eigenvalue weighted by Gasteiger charge is 2.37. The zero-order chi connectivity index (χ0) is 24.2. The van der Waals surface area contributed by atoms with Gasteiger partial charge in [0.05, 0.1) is 35.5 Å². The number of halogens is 1. The molecule has 0 saturated carbocycles. The molecule has 0 fully saturated rings. The van der Waals surface area contributed by atoms with Gasteiger partial charge in [-0.25, -0.2) is 0 Å². The summed E-state index contributed by atoms with van der Waals surface area (Å²) in [7, 11) is 1.44. The van der Waals surface area contributed by atoms with E-state index in [-0.39, 0.29) is 28.9 Å². The summed E-state index contributed by atoms with van der Waals surface area (Å²) in [5, 5.41) is 27.2. The lowest BCUT2D eigenvalue weighted by Crippen LogP contribution is -2.31. The number of carbonyl (C=O) groups is 2. The molecule has 2 aromatic carbocycles. The van der Waals surface area contributed by atoms with Crippen LogP contribution in [0.4, 0.5) is 5.69 Å². The number of phenols is 1. The van der Waals surface area contributed by atoms with E-state index in [1.165, 1.54) is 24.9 Å². The number of allylic oxidation sites excluding steroid dienone is 3. The number of anilines is 1. The molecule has 1 aliphatic carbocycles. The molecule has 34 heavy (non-hydrogen) atoms. The molecule has 1 atom stereocenters. The third-order valence-corrected chi connectivity index (χ3v) is 6.91. The van der Waals surface area contributed by atoms with E-state index >= 15 is 0 Å². The molecule has 0 saturated heterocycles. The van der Waals surface area contributed by atoms with Crippen molar-refractivity contribution in [2.45, 2.75) is 25.2 Å². The Bertz CT molecular complexity index is 1270. The summed E-state index contributed by atoms with van der Waals surface area (Å²) in [6.45, 7) is 0. The highest BCUT2D eigenvalue weighted by molar-refractivity contribution is 8.03. The van der Waals surface area contributed by atoms with Crippen LogP contribution < -0.4 is 15.4 Å². The Hall–Kier alpha value is -3.41. The smallest absolute Gasteiger partial charge is 0.234 e. The maximum atomic E-state index is 12.9. The Morgan fingerprint density at radius 2 is 2.15 bits per heavy atom. The number of hydrogen-bond acceptors (Lipinski definition) is 7. The molecule has 9 heteroatoms. The van der Waals surface area contributed by atoms with Gasteiger partial charge in [0.25, 0.3) is 0 Å².